The molecular formula is C55H96NO7+. The Bertz CT molecular complexity index is 1260. The van der Waals surface area contributed by atoms with Gasteiger partial charge >= 0.3 is 17.9 Å². The Kier molecular flexibility index (Phi) is 43.0. The highest BCUT2D eigenvalue weighted by molar-refractivity contribution is 5.72. The monoisotopic (exact) mass is 883 g/mol. The van der Waals surface area contributed by atoms with Crippen LogP contribution in [0.5, 0.6) is 0 Å². The van der Waals surface area contributed by atoms with Gasteiger partial charge in [0.25, 0.3) is 0 Å². The number of carboxylic acids is 1. The zero-order valence-corrected chi connectivity index (χ0v) is 41.3. The van der Waals surface area contributed by atoms with Crippen molar-refractivity contribution in [3.63, 3.8) is 0 Å². The van der Waals surface area contributed by atoms with E-state index in [0.29, 0.717) is 12.8 Å². The number of ether oxygens (including phenoxy) is 3. The molecule has 2 atom stereocenters. The molecule has 0 radical (unpaired) electrons. The number of nitrogens with zero attached hydrogens (tertiary/aromatic N) is 1. The van der Waals surface area contributed by atoms with Crippen molar-refractivity contribution in [2.45, 2.75) is 219 Å². The normalized spacial score (nSPS) is 13.5. The molecule has 0 aromatic rings. The van der Waals surface area contributed by atoms with Crippen molar-refractivity contribution in [3.8, 4) is 0 Å². The molecule has 63 heavy (non-hydrogen) atoms. The smallest absolute Gasteiger partial charge is 0.362 e. The van der Waals surface area contributed by atoms with Crippen LogP contribution < -0.4 is 0 Å². The Labute approximate surface area is 387 Å². The third-order valence-corrected chi connectivity index (χ3v) is 11.1. The van der Waals surface area contributed by atoms with Crippen molar-refractivity contribution < 1.29 is 38.2 Å². The number of esters is 2. The average Bonchev–Trinajstić information content (AvgIpc) is 3.24. The molecule has 0 aromatic heterocycles. The fourth-order valence-electron chi connectivity index (χ4n) is 7.17. The van der Waals surface area contributed by atoms with Crippen molar-refractivity contribution in [2.24, 2.45) is 0 Å². The van der Waals surface area contributed by atoms with E-state index in [9.17, 15) is 19.5 Å². The average molecular weight is 883 g/mol. The lowest BCUT2D eigenvalue weighted by molar-refractivity contribution is -0.887. The summed E-state index contributed by atoms with van der Waals surface area (Å²) < 4.78 is 17.3. The summed E-state index contributed by atoms with van der Waals surface area (Å²) in [6.07, 6.45) is 58.1. The maximum absolute atomic E-state index is 12.8. The topological polar surface area (TPSA) is 99.1 Å². The summed E-state index contributed by atoms with van der Waals surface area (Å²) >= 11 is 0. The van der Waals surface area contributed by atoms with Crippen LogP contribution in [0, 0.1) is 0 Å². The molecule has 0 spiro atoms. The minimum absolute atomic E-state index is 0.0433. The summed E-state index contributed by atoms with van der Waals surface area (Å²) in [6.45, 7) is 4.59. The van der Waals surface area contributed by atoms with E-state index in [0.717, 1.165) is 77.0 Å². The molecule has 0 bridgehead atoms. The summed E-state index contributed by atoms with van der Waals surface area (Å²) in [7, 11) is 5.52. The number of quaternary nitrogens is 1. The molecule has 0 aliphatic carbocycles. The SMILES string of the molecule is CC/C=C/C/C=C/C/C=C/C/C=C/C/C=C/CCCCCC(=O)OC(COCCC(C(=O)O)[N+](C)(C)C)COC(=O)CCCCCCCCC/C=C/CCCCCCCCCCC. The van der Waals surface area contributed by atoms with E-state index in [1.165, 1.54) is 96.3 Å². The predicted molar refractivity (Wildman–Crippen MR) is 266 cm³/mol. The van der Waals surface area contributed by atoms with Crippen LogP contribution >= 0.6 is 0 Å². The van der Waals surface area contributed by atoms with Crippen LogP contribution in [0.3, 0.4) is 0 Å². The van der Waals surface area contributed by atoms with Crippen LogP contribution in [0.15, 0.2) is 72.9 Å². The first-order chi connectivity index (χ1) is 30.6. The quantitative estimate of drug-likeness (QED) is 0.0281. The molecule has 0 rings (SSSR count). The van der Waals surface area contributed by atoms with Gasteiger partial charge in [-0.25, -0.2) is 4.79 Å². The maximum Gasteiger partial charge on any atom is 0.362 e. The summed E-state index contributed by atoms with van der Waals surface area (Å²) in [6, 6.07) is -0.625. The first-order valence-corrected chi connectivity index (χ1v) is 25.5. The Hall–Kier alpha value is -3.23. The second-order valence-corrected chi connectivity index (χ2v) is 18.0. The van der Waals surface area contributed by atoms with E-state index in [1.807, 2.05) is 21.1 Å². The van der Waals surface area contributed by atoms with Gasteiger partial charge in [-0.1, -0.05) is 177 Å². The number of carbonyl (C=O) groups excluding carboxylic acids is 2. The zero-order valence-electron chi connectivity index (χ0n) is 41.3. The molecule has 362 valence electrons. The highest BCUT2D eigenvalue weighted by Gasteiger charge is 2.31. The van der Waals surface area contributed by atoms with Gasteiger partial charge in [-0.3, -0.25) is 9.59 Å². The summed E-state index contributed by atoms with van der Waals surface area (Å²) in [5.74, 6) is -1.52. The lowest BCUT2D eigenvalue weighted by Gasteiger charge is -2.31. The molecule has 0 aliphatic rings. The van der Waals surface area contributed by atoms with Gasteiger partial charge in [0.15, 0.2) is 12.1 Å². The molecule has 0 saturated heterocycles. The number of likely N-dealkylation sites (N-methyl/N-ethyl adjacent to an activating group) is 1. The second-order valence-electron chi connectivity index (χ2n) is 18.0. The number of unbranched alkanes of at least 4 members (excludes halogenated alkanes) is 19. The van der Waals surface area contributed by atoms with E-state index in [2.05, 4.69) is 86.8 Å². The molecule has 8 nitrogen and oxygen atoms in total. The molecule has 8 heteroatoms. The molecule has 0 amide bonds. The molecule has 0 aliphatic heterocycles. The lowest BCUT2D eigenvalue weighted by atomic mass is 10.1. The zero-order chi connectivity index (χ0) is 46.3. The van der Waals surface area contributed by atoms with Crippen molar-refractivity contribution in [1.82, 2.24) is 0 Å². The summed E-state index contributed by atoms with van der Waals surface area (Å²) in [5.41, 5.74) is 0. The molecule has 2 unspecified atom stereocenters. The number of hydrogen-bond acceptors (Lipinski definition) is 6. The number of aliphatic carboxylic acids is 1. The molecule has 0 fully saturated rings. The van der Waals surface area contributed by atoms with Crippen LogP contribution in [0.2, 0.25) is 0 Å². The fraction of sp³-hybridized carbons (Fsp3) is 0.727. The first kappa shape index (κ1) is 59.8. The highest BCUT2D eigenvalue weighted by atomic mass is 16.6. The van der Waals surface area contributed by atoms with Gasteiger partial charge < -0.3 is 23.8 Å². The molecule has 0 aromatic carbocycles. The Morgan fingerprint density at radius 3 is 1.35 bits per heavy atom. The van der Waals surface area contributed by atoms with E-state index < -0.39 is 18.1 Å². The number of carboxylic acid groups (broad SMARTS) is 1. The van der Waals surface area contributed by atoms with Gasteiger partial charge in [0, 0.05) is 19.3 Å². The minimum atomic E-state index is -0.883. The standard InChI is InChI=1S/C55H95NO7/c1-6-8-10-12-14-16-18-20-22-24-26-28-29-31-33-35-37-39-41-43-45-53(57)62-50-51(49-61-48-47-52(55(59)60)56(3,4)5)63-54(58)46-44-42-40-38-36-34-32-30-27-25-23-21-19-17-15-13-11-9-7-2/h9,11,15,17,21,23,26-28,30,34,36,51-52H,6-8,10,12-14,16,18-20,22,24-25,29,31-33,35,37-50H2,1-5H3/p+1/b11-9+,17-15+,23-21+,28-26+,30-27+,36-34+. The van der Waals surface area contributed by atoms with Gasteiger partial charge in [0.1, 0.15) is 6.61 Å². The third kappa shape index (κ3) is 43.8. The maximum atomic E-state index is 12.8. The Balaban J connectivity index is 4.33. The van der Waals surface area contributed by atoms with Gasteiger partial charge in [-0.15, -0.1) is 0 Å². The van der Waals surface area contributed by atoms with Gasteiger partial charge in [-0.2, -0.15) is 0 Å². The third-order valence-electron chi connectivity index (χ3n) is 11.1. The second kappa shape index (κ2) is 45.3. The van der Waals surface area contributed by atoms with E-state index in [-0.39, 0.29) is 42.7 Å². The molecule has 0 heterocycles. The fourth-order valence-corrected chi connectivity index (χ4v) is 7.17. The first-order valence-electron chi connectivity index (χ1n) is 25.5. The van der Waals surface area contributed by atoms with Crippen molar-refractivity contribution in [1.29, 1.82) is 0 Å². The minimum Gasteiger partial charge on any atom is -0.477 e. The predicted octanol–water partition coefficient (Wildman–Crippen LogP) is 14.7. The van der Waals surface area contributed by atoms with E-state index >= 15 is 0 Å². The van der Waals surface area contributed by atoms with Crippen LogP contribution in [0.4, 0.5) is 0 Å². The van der Waals surface area contributed by atoms with Gasteiger partial charge in [0.05, 0.1) is 34.4 Å². The van der Waals surface area contributed by atoms with Crippen LogP contribution in [0.1, 0.15) is 206 Å². The molecule has 0 saturated carbocycles. The molecule has 1 N–H and O–H groups in total. The Morgan fingerprint density at radius 2 is 0.889 bits per heavy atom. The lowest BCUT2D eigenvalue weighted by Crippen LogP contribution is -2.50. The number of rotatable bonds is 45. The summed E-state index contributed by atoms with van der Waals surface area (Å²) in [5, 5.41) is 9.65. The van der Waals surface area contributed by atoms with Crippen LogP contribution in [-0.4, -0.2) is 80.6 Å². The van der Waals surface area contributed by atoms with Crippen molar-refractivity contribution >= 4 is 17.9 Å². The van der Waals surface area contributed by atoms with Crippen LogP contribution in [-0.2, 0) is 28.6 Å². The van der Waals surface area contributed by atoms with Crippen molar-refractivity contribution in [2.75, 3.05) is 41.0 Å². The largest absolute Gasteiger partial charge is 0.477 e. The molecular weight excluding hydrogens is 787 g/mol. The number of allylic oxidation sites excluding steroid dienone is 12. The van der Waals surface area contributed by atoms with E-state index in [1.54, 1.807) is 0 Å². The van der Waals surface area contributed by atoms with Crippen LogP contribution in [0.25, 0.3) is 0 Å². The van der Waals surface area contributed by atoms with Gasteiger partial charge in [-0.05, 0) is 83.5 Å². The van der Waals surface area contributed by atoms with Gasteiger partial charge in [0.2, 0.25) is 0 Å². The van der Waals surface area contributed by atoms with E-state index in [4.69, 9.17) is 14.2 Å². The Morgan fingerprint density at radius 1 is 0.492 bits per heavy atom. The number of carbonyl (C=O) groups is 3. The highest BCUT2D eigenvalue weighted by Crippen LogP contribution is 2.14. The van der Waals surface area contributed by atoms with Crippen molar-refractivity contribution in [3.05, 3.63) is 72.9 Å². The summed E-state index contributed by atoms with van der Waals surface area (Å²) in [4.78, 5) is 37.1. The number of hydrogen-bond donors (Lipinski definition) is 1.